The first-order valence-electron chi connectivity index (χ1n) is 8.40. The Morgan fingerprint density at radius 2 is 0.500 bits per heavy atom. The quantitative estimate of drug-likeness (QED) is 0.285. The van der Waals surface area contributed by atoms with Crippen LogP contribution in [0.25, 0.3) is 0 Å². The number of rotatable bonds is 0. The second-order valence-electron chi connectivity index (χ2n) is 5.66. The van der Waals surface area contributed by atoms with Crippen LogP contribution in [0.1, 0.15) is 0 Å². The van der Waals surface area contributed by atoms with Crippen LogP contribution in [0.2, 0.25) is 0 Å². The van der Waals surface area contributed by atoms with Gasteiger partial charge in [0.25, 0.3) is 0 Å². The molecule has 8 bridgehead atoms. The molecule has 5 rings (SSSR count). The Labute approximate surface area is 179 Å². The van der Waals surface area contributed by atoms with Gasteiger partial charge in [0.15, 0.2) is 0 Å². The van der Waals surface area contributed by atoms with Crippen LogP contribution >= 0.6 is 47.0 Å². The molecule has 8 heteroatoms. The van der Waals surface area contributed by atoms with Gasteiger partial charge >= 0.3 is 0 Å². The van der Waals surface area contributed by atoms with Crippen molar-refractivity contribution in [3.05, 3.63) is 72.8 Å². The Balaban J connectivity index is 1.60. The fourth-order valence-electron chi connectivity index (χ4n) is 2.47. The van der Waals surface area contributed by atoms with Crippen molar-refractivity contribution in [2.24, 2.45) is 0 Å². The molecule has 4 aromatic heterocycles. The Morgan fingerprint density at radius 1 is 0.321 bits per heavy atom. The highest BCUT2D eigenvalue weighted by atomic mass is 32.2. The summed E-state index contributed by atoms with van der Waals surface area (Å²) in [6.45, 7) is 0. The van der Waals surface area contributed by atoms with E-state index < -0.39 is 0 Å². The molecular weight excluding hydrogens is 425 g/mol. The number of pyridine rings is 4. The predicted octanol–water partition coefficient (Wildman–Crippen LogP) is 6.18. The van der Waals surface area contributed by atoms with Crippen molar-refractivity contribution in [1.82, 2.24) is 19.9 Å². The molecule has 1 aliphatic rings. The molecule has 136 valence electrons. The molecule has 0 amide bonds. The normalized spacial score (nSPS) is 13.1. The zero-order valence-corrected chi connectivity index (χ0v) is 17.6. The van der Waals surface area contributed by atoms with E-state index in [9.17, 15) is 0 Å². The third-order valence-corrected chi connectivity index (χ3v) is 7.12. The molecule has 0 radical (unpaired) electrons. The molecule has 0 saturated carbocycles. The molecule has 5 heterocycles. The van der Waals surface area contributed by atoms with Crippen LogP contribution in [0.5, 0.6) is 0 Å². The predicted molar refractivity (Wildman–Crippen MR) is 113 cm³/mol. The molecule has 0 saturated heterocycles. The van der Waals surface area contributed by atoms with Gasteiger partial charge in [-0.25, -0.2) is 19.9 Å². The van der Waals surface area contributed by atoms with E-state index in [-0.39, 0.29) is 0 Å². The van der Waals surface area contributed by atoms with E-state index in [1.165, 1.54) is 0 Å². The SMILES string of the molecule is c1cc2nc(c1)Sc1cccc(n1)Sc1cccc(n1)Sc1cccc(n1)S2. The average molecular weight is 437 g/mol. The molecule has 4 nitrogen and oxygen atoms in total. The Hall–Kier alpha value is -2.00. The molecule has 4 aromatic rings. The molecular formula is C20H12N4S4. The first-order chi connectivity index (χ1) is 13.8. The second-order valence-corrected chi connectivity index (χ2v) is 9.83. The smallest absolute Gasteiger partial charge is 0.104 e. The monoisotopic (exact) mass is 436 g/mol. The lowest BCUT2D eigenvalue weighted by molar-refractivity contribution is 0.949. The molecule has 0 spiro atoms. The van der Waals surface area contributed by atoms with Gasteiger partial charge in [0, 0.05) is 0 Å². The minimum Gasteiger partial charge on any atom is -0.234 e. The summed E-state index contributed by atoms with van der Waals surface area (Å²) in [4.78, 5) is 19.0. The lowest BCUT2D eigenvalue weighted by atomic mass is 10.5. The molecule has 28 heavy (non-hydrogen) atoms. The summed E-state index contributed by atoms with van der Waals surface area (Å²) in [6.07, 6.45) is 0. The Morgan fingerprint density at radius 3 is 0.679 bits per heavy atom. The molecule has 0 aliphatic carbocycles. The van der Waals surface area contributed by atoms with Crippen LogP contribution in [0, 0.1) is 0 Å². The van der Waals surface area contributed by atoms with E-state index in [1.54, 1.807) is 47.0 Å². The fraction of sp³-hybridized carbons (Fsp3) is 0. The summed E-state index contributed by atoms with van der Waals surface area (Å²) < 4.78 is 0. The van der Waals surface area contributed by atoms with Gasteiger partial charge in [0.1, 0.15) is 40.2 Å². The van der Waals surface area contributed by atoms with Crippen LogP contribution < -0.4 is 0 Å². The lowest BCUT2D eigenvalue weighted by Gasteiger charge is -2.08. The van der Waals surface area contributed by atoms with Crippen molar-refractivity contribution in [2.75, 3.05) is 0 Å². The summed E-state index contributed by atoms with van der Waals surface area (Å²) in [5.41, 5.74) is 0. The van der Waals surface area contributed by atoms with Gasteiger partial charge in [-0.1, -0.05) is 71.3 Å². The summed E-state index contributed by atoms with van der Waals surface area (Å²) in [6, 6.07) is 24.1. The van der Waals surface area contributed by atoms with Gasteiger partial charge < -0.3 is 0 Å². The minimum atomic E-state index is 0.914. The summed E-state index contributed by atoms with van der Waals surface area (Å²) in [5.74, 6) is 0. The highest BCUT2D eigenvalue weighted by Crippen LogP contribution is 2.34. The van der Waals surface area contributed by atoms with Crippen LogP contribution in [-0.4, -0.2) is 19.9 Å². The number of aromatic nitrogens is 4. The zero-order chi connectivity index (χ0) is 18.8. The van der Waals surface area contributed by atoms with Gasteiger partial charge in [-0.3, -0.25) is 0 Å². The first kappa shape index (κ1) is 18.1. The van der Waals surface area contributed by atoms with E-state index in [1.807, 2.05) is 72.8 Å². The minimum absolute atomic E-state index is 0.914. The molecule has 0 aromatic carbocycles. The average Bonchev–Trinajstić information content (AvgIpc) is 2.69. The van der Waals surface area contributed by atoms with Crippen molar-refractivity contribution < 1.29 is 0 Å². The largest absolute Gasteiger partial charge is 0.234 e. The number of nitrogens with zero attached hydrogens (tertiary/aromatic N) is 4. The van der Waals surface area contributed by atoms with E-state index in [4.69, 9.17) is 19.9 Å². The van der Waals surface area contributed by atoms with Crippen molar-refractivity contribution in [2.45, 2.75) is 40.2 Å². The first-order valence-corrected chi connectivity index (χ1v) is 11.7. The zero-order valence-electron chi connectivity index (χ0n) is 14.4. The topological polar surface area (TPSA) is 51.6 Å². The van der Waals surface area contributed by atoms with E-state index in [0.29, 0.717) is 0 Å². The van der Waals surface area contributed by atoms with Gasteiger partial charge in [-0.15, -0.1) is 0 Å². The van der Waals surface area contributed by atoms with Gasteiger partial charge in [-0.05, 0) is 48.5 Å². The highest BCUT2D eigenvalue weighted by molar-refractivity contribution is 8.00. The van der Waals surface area contributed by atoms with Gasteiger partial charge in [0.2, 0.25) is 0 Å². The fourth-order valence-corrected chi connectivity index (χ4v) is 5.88. The maximum atomic E-state index is 4.75. The maximum Gasteiger partial charge on any atom is 0.104 e. The van der Waals surface area contributed by atoms with Crippen LogP contribution in [-0.2, 0) is 0 Å². The number of hydrogen-bond donors (Lipinski definition) is 0. The van der Waals surface area contributed by atoms with Crippen LogP contribution in [0.3, 0.4) is 0 Å². The van der Waals surface area contributed by atoms with E-state index in [2.05, 4.69) is 0 Å². The second kappa shape index (κ2) is 8.16. The van der Waals surface area contributed by atoms with Gasteiger partial charge in [0.05, 0.1) is 0 Å². The molecule has 0 fully saturated rings. The van der Waals surface area contributed by atoms with Crippen LogP contribution in [0.4, 0.5) is 0 Å². The molecule has 0 atom stereocenters. The summed E-state index contributed by atoms with van der Waals surface area (Å²) in [7, 11) is 0. The third-order valence-electron chi connectivity index (χ3n) is 3.63. The maximum absolute atomic E-state index is 4.75. The number of fused-ring (bicyclic) bond motifs is 8. The summed E-state index contributed by atoms with van der Waals surface area (Å²) in [5, 5.41) is 7.31. The van der Waals surface area contributed by atoms with Crippen LogP contribution in [0.15, 0.2) is 113 Å². The lowest BCUT2D eigenvalue weighted by Crippen LogP contribution is -1.90. The molecule has 1 aliphatic heterocycles. The Bertz CT molecular complexity index is 901. The summed E-state index contributed by atoms with van der Waals surface area (Å²) >= 11 is 6.23. The van der Waals surface area contributed by atoms with Crippen molar-refractivity contribution in [3.63, 3.8) is 0 Å². The van der Waals surface area contributed by atoms with Crippen molar-refractivity contribution in [1.29, 1.82) is 0 Å². The Kier molecular flexibility index (Phi) is 5.26. The van der Waals surface area contributed by atoms with Crippen molar-refractivity contribution >= 4 is 47.0 Å². The number of hydrogen-bond acceptors (Lipinski definition) is 8. The molecule has 0 N–H and O–H groups in total. The van der Waals surface area contributed by atoms with Gasteiger partial charge in [-0.2, -0.15) is 0 Å². The third kappa shape index (κ3) is 4.35. The van der Waals surface area contributed by atoms with E-state index >= 15 is 0 Å². The van der Waals surface area contributed by atoms with E-state index in [0.717, 1.165) is 40.2 Å². The molecule has 0 unspecified atom stereocenters. The standard InChI is InChI=1S/C20H12N4S4/c1-5-13-21-14(6-1)26-16-8-3-10-18(23-16)28-20-12-4-11-19(24-20)27-17-9-2-7-15(22-17)25-13/h1-12H. The van der Waals surface area contributed by atoms with Crippen molar-refractivity contribution in [3.8, 4) is 0 Å². The highest BCUT2D eigenvalue weighted by Gasteiger charge is 2.10.